The van der Waals surface area contributed by atoms with Crippen molar-refractivity contribution in [2.24, 2.45) is 0 Å². The van der Waals surface area contributed by atoms with Crippen LogP contribution in [0.2, 0.25) is 0 Å². The lowest BCUT2D eigenvalue weighted by molar-refractivity contribution is 1.07. The molecule has 0 saturated heterocycles. The topological polar surface area (TPSA) is 38.7 Å². The van der Waals surface area contributed by atoms with E-state index in [1.165, 1.54) is 68.2 Å². The molecule has 0 spiro atoms. The van der Waals surface area contributed by atoms with Crippen molar-refractivity contribution in [3.8, 4) is 67.5 Å². The molecule has 56 heavy (non-hydrogen) atoms. The molecule has 0 atom stereocenters. The fraction of sp³-hybridized carbons (Fsp3) is 0. The van der Waals surface area contributed by atoms with Crippen LogP contribution in [0.5, 0.6) is 0 Å². The summed E-state index contributed by atoms with van der Waals surface area (Å²) in [6, 6.07) is 66.6. The van der Waals surface area contributed by atoms with E-state index in [1.54, 1.807) is 0 Å². The first-order valence-corrected chi connectivity index (χ1v) is 20.3. The summed E-state index contributed by atoms with van der Waals surface area (Å²) in [6.45, 7) is 0. The maximum absolute atomic E-state index is 5.03. The average molecular weight is 750 g/mol. The lowest BCUT2D eigenvalue weighted by Crippen LogP contribution is -2.00. The van der Waals surface area contributed by atoms with E-state index in [0.717, 1.165) is 22.3 Å². The molecule has 0 bridgehead atoms. The minimum Gasteiger partial charge on any atom is -0.208 e. The maximum Gasteiger partial charge on any atom is 0.164 e. The first kappa shape index (κ1) is 32.6. The normalized spacial score (nSPS) is 11.6. The van der Waals surface area contributed by atoms with Crippen LogP contribution in [-0.2, 0) is 0 Å². The van der Waals surface area contributed by atoms with Gasteiger partial charge in [0.1, 0.15) is 0 Å². The fourth-order valence-corrected chi connectivity index (χ4v) is 10.6. The Kier molecular flexibility index (Phi) is 7.87. The van der Waals surface area contributed by atoms with Gasteiger partial charge in [-0.25, -0.2) is 15.0 Å². The zero-order valence-corrected chi connectivity index (χ0v) is 31.7. The molecule has 0 aliphatic heterocycles. The van der Waals surface area contributed by atoms with E-state index in [9.17, 15) is 0 Å². The van der Waals surface area contributed by atoms with Crippen LogP contribution in [0.3, 0.4) is 0 Å². The highest BCUT2D eigenvalue weighted by Crippen LogP contribution is 2.48. The number of nitrogens with zero attached hydrogens (tertiary/aromatic N) is 3. The molecule has 0 unspecified atom stereocenters. The van der Waals surface area contributed by atoms with Gasteiger partial charge in [0.2, 0.25) is 0 Å². The Bertz CT molecular complexity index is 3180. The van der Waals surface area contributed by atoms with Gasteiger partial charge in [-0.1, -0.05) is 176 Å². The van der Waals surface area contributed by atoms with E-state index < -0.39 is 0 Å². The summed E-state index contributed by atoms with van der Waals surface area (Å²) in [5, 5.41) is 5.15. The third-order valence-corrected chi connectivity index (χ3v) is 13.0. The highest BCUT2D eigenvalue weighted by molar-refractivity contribution is 7.27. The molecule has 5 heteroatoms. The minimum atomic E-state index is 0.649. The second-order valence-electron chi connectivity index (χ2n) is 13.9. The van der Waals surface area contributed by atoms with E-state index in [1.807, 2.05) is 83.3 Å². The predicted molar refractivity (Wildman–Crippen MR) is 238 cm³/mol. The van der Waals surface area contributed by atoms with Gasteiger partial charge in [-0.3, -0.25) is 0 Å². The molecule has 0 N–H and O–H groups in total. The van der Waals surface area contributed by atoms with Crippen LogP contribution in [0.1, 0.15) is 0 Å². The van der Waals surface area contributed by atoms with Gasteiger partial charge in [0.25, 0.3) is 0 Å². The van der Waals surface area contributed by atoms with Crippen molar-refractivity contribution in [2.45, 2.75) is 0 Å². The van der Waals surface area contributed by atoms with Crippen LogP contribution in [0.25, 0.3) is 108 Å². The van der Waals surface area contributed by atoms with Crippen molar-refractivity contribution in [1.29, 1.82) is 0 Å². The highest BCUT2D eigenvalue weighted by atomic mass is 32.1. The van der Waals surface area contributed by atoms with Crippen molar-refractivity contribution < 1.29 is 0 Å². The molecule has 0 radical (unpaired) electrons. The molecule has 0 amide bonds. The van der Waals surface area contributed by atoms with Gasteiger partial charge >= 0.3 is 0 Å². The summed E-state index contributed by atoms with van der Waals surface area (Å²) in [5.74, 6) is 1.96. The van der Waals surface area contributed by atoms with E-state index >= 15 is 0 Å². The van der Waals surface area contributed by atoms with Gasteiger partial charge < -0.3 is 0 Å². The molecule has 262 valence electrons. The molecule has 0 aliphatic carbocycles. The highest BCUT2D eigenvalue weighted by Gasteiger charge is 2.19. The largest absolute Gasteiger partial charge is 0.208 e. The summed E-state index contributed by atoms with van der Waals surface area (Å²) in [4.78, 5) is 15.0. The molecule has 8 aromatic carbocycles. The number of thiophene rings is 2. The van der Waals surface area contributed by atoms with Gasteiger partial charge in [0.15, 0.2) is 17.5 Å². The van der Waals surface area contributed by atoms with Gasteiger partial charge in [0.05, 0.1) is 0 Å². The third kappa shape index (κ3) is 5.51. The SMILES string of the molecule is c1ccc(-c2nc(-c3ccccc3)nc(-c3cccc(-c4cccc5sc6c(-c7cccc8c7sc7c(-c9ccccc9)cccc78)cccc6c45)c3)n2)cc1. The van der Waals surface area contributed by atoms with Crippen LogP contribution in [0.4, 0.5) is 0 Å². The minimum absolute atomic E-state index is 0.649. The van der Waals surface area contributed by atoms with Gasteiger partial charge in [-0.05, 0) is 34.4 Å². The van der Waals surface area contributed by atoms with Crippen LogP contribution in [0, 0.1) is 0 Å². The Hall–Kier alpha value is -6.79. The molecule has 3 heterocycles. The van der Waals surface area contributed by atoms with Gasteiger partial charge in [-0.15, -0.1) is 22.7 Å². The third-order valence-electron chi connectivity index (χ3n) is 10.6. The zero-order chi connectivity index (χ0) is 37.0. The Morgan fingerprint density at radius 1 is 0.286 bits per heavy atom. The van der Waals surface area contributed by atoms with Crippen molar-refractivity contribution >= 4 is 63.0 Å². The van der Waals surface area contributed by atoms with Crippen LogP contribution >= 0.6 is 22.7 Å². The van der Waals surface area contributed by atoms with Crippen LogP contribution in [0.15, 0.2) is 188 Å². The second kappa shape index (κ2) is 13.5. The van der Waals surface area contributed by atoms with Crippen molar-refractivity contribution in [3.05, 3.63) is 188 Å². The molecular weight excluding hydrogens is 719 g/mol. The van der Waals surface area contributed by atoms with Crippen molar-refractivity contribution in [1.82, 2.24) is 15.0 Å². The molecule has 11 aromatic rings. The number of benzene rings is 8. The average Bonchev–Trinajstić information content (AvgIpc) is 3.86. The van der Waals surface area contributed by atoms with E-state index in [-0.39, 0.29) is 0 Å². The Balaban J connectivity index is 1.06. The molecule has 3 nitrogen and oxygen atoms in total. The number of hydrogen-bond acceptors (Lipinski definition) is 5. The molecule has 0 fully saturated rings. The quantitative estimate of drug-likeness (QED) is 0.170. The smallest absolute Gasteiger partial charge is 0.164 e. The Labute approximate surface area is 331 Å². The number of hydrogen-bond donors (Lipinski definition) is 0. The summed E-state index contributed by atoms with van der Waals surface area (Å²) < 4.78 is 5.22. The van der Waals surface area contributed by atoms with Crippen molar-refractivity contribution in [2.75, 3.05) is 0 Å². The first-order chi connectivity index (χ1) is 27.8. The summed E-state index contributed by atoms with van der Waals surface area (Å²) in [6.07, 6.45) is 0. The lowest BCUT2D eigenvalue weighted by atomic mass is 9.96. The monoisotopic (exact) mass is 749 g/mol. The molecule has 0 saturated carbocycles. The predicted octanol–water partition coefficient (Wildman–Crippen LogP) is 14.6. The lowest BCUT2D eigenvalue weighted by Gasteiger charge is -2.10. The van der Waals surface area contributed by atoms with E-state index in [0.29, 0.717) is 17.5 Å². The maximum atomic E-state index is 5.03. The summed E-state index contributed by atoms with van der Waals surface area (Å²) >= 11 is 3.79. The molecule has 11 rings (SSSR count). The second-order valence-corrected chi connectivity index (χ2v) is 16.0. The van der Waals surface area contributed by atoms with E-state index in [2.05, 4.69) is 127 Å². The number of fused-ring (bicyclic) bond motifs is 6. The molecule has 3 aromatic heterocycles. The summed E-state index contributed by atoms with van der Waals surface area (Å²) in [5.41, 5.74) is 10.3. The van der Waals surface area contributed by atoms with Crippen LogP contribution in [-0.4, -0.2) is 15.0 Å². The molecular formula is C51H31N3S2. The standard InChI is InChI=1S/C51H31N3S2/c1-4-15-32(16-5-1)38-24-11-25-39-40-26-12-27-41(47(40)56-46(38)39)42-28-13-29-43-45-37(23-14-30-44(45)55-48(42)43)35-21-10-22-36(31-35)51-53-49(33-17-6-2-7-18-33)52-50(54-51)34-19-8-3-9-20-34/h1-31H. The van der Waals surface area contributed by atoms with E-state index in [4.69, 9.17) is 15.0 Å². The summed E-state index contributed by atoms with van der Waals surface area (Å²) in [7, 11) is 0. The van der Waals surface area contributed by atoms with Crippen LogP contribution < -0.4 is 0 Å². The number of aromatic nitrogens is 3. The Morgan fingerprint density at radius 3 is 1.34 bits per heavy atom. The van der Waals surface area contributed by atoms with Gasteiger partial charge in [0, 0.05) is 68.2 Å². The van der Waals surface area contributed by atoms with Crippen molar-refractivity contribution in [3.63, 3.8) is 0 Å². The zero-order valence-electron chi connectivity index (χ0n) is 30.1. The molecule has 0 aliphatic rings. The fourth-order valence-electron chi connectivity index (χ4n) is 7.94. The Morgan fingerprint density at radius 2 is 0.714 bits per heavy atom. The first-order valence-electron chi connectivity index (χ1n) is 18.7. The number of rotatable bonds is 6. The van der Waals surface area contributed by atoms with Gasteiger partial charge in [-0.2, -0.15) is 0 Å².